The number of carbonyl (C=O) groups is 2. The van der Waals surface area contributed by atoms with E-state index in [0.717, 1.165) is 16.8 Å². The quantitative estimate of drug-likeness (QED) is 0.756. The summed E-state index contributed by atoms with van der Waals surface area (Å²) in [5, 5.41) is 8.02. The van der Waals surface area contributed by atoms with Crippen molar-refractivity contribution in [2.75, 3.05) is 30.9 Å². The van der Waals surface area contributed by atoms with E-state index in [4.69, 9.17) is 0 Å². The maximum Gasteiger partial charge on any atom is 0.319 e. The Hall–Kier alpha value is -3.02. The summed E-state index contributed by atoms with van der Waals surface area (Å²) in [5.41, 5.74) is 3.85. The molecule has 0 fully saturated rings. The van der Waals surface area contributed by atoms with Gasteiger partial charge in [-0.1, -0.05) is 24.3 Å². The molecule has 0 aliphatic heterocycles. The molecule has 0 atom stereocenters. The predicted molar refractivity (Wildman–Crippen MR) is 101 cm³/mol. The molecule has 0 saturated carbocycles. The summed E-state index contributed by atoms with van der Waals surface area (Å²) in [4.78, 5) is 25.7. The number of aryl methyl sites for hydroxylation is 1. The molecule has 0 spiro atoms. The fourth-order valence-corrected chi connectivity index (χ4v) is 2.23. The first kappa shape index (κ1) is 18.3. The molecule has 2 rings (SSSR count). The molecular formula is C19H24N4O2. The summed E-state index contributed by atoms with van der Waals surface area (Å²) >= 11 is 0. The summed E-state index contributed by atoms with van der Waals surface area (Å²) in [5.74, 6) is -0.240. The first-order chi connectivity index (χ1) is 11.9. The van der Waals surface area contributed by atoms with Crippen molar-refractivity contribution < 1.29 is 9.59 Å². The molecule has 132 valence electrons. The molecule has 0 radical (unpaired) electrons. The average molecular weight is 340 g/mol. The molecule has 6 heteroatoms. The van der Waals surface area contributed by atoms with Crippen molar-refractivity contribution in [1.82, 2.24) is 10.6 Å². The number of hydrogen-bond acceptors (Lipinski definition) is 3. The van der Waals surface area contributed by atoms with E-state index < -0.39 is 6.03 Å². The number of hydrogen-bond donors (Lipinski definition) is 3. The summed E-state index contributed by atoms with van der Waals surface area (Å²) in [6.45, 7) is 2.29. The maximum atomic E-state index is 11.8. The highest BCUT2D eigenvalue weighted by molar-refractivity contribution is 5.92. The van der Waals surface area contributed by atoms with Gasteiger partial charge in [-0.05, 0) is 42.3 Å². The molecular weight excluding hydrogens is 316 g/mol. The zero-order valence-electron chi connectivity index (χ0n) is 14.8. The van der Waals surface area contributed by atoms with Crippen LogP contribution in [0.25, 0.3) is 0 Å². The predicted octanol–water partition coefficient (Wildman–Crippen LogP) is 2.50. The lowest BCUT2D eigenvalue weighted by atomic mass is 10.2. The number of nitrogens with zero attached hydrogens (tertiary/aromatic N) is 1. The van der Waals surface area contributed by atoms with Crippen molar-refractivity contribution >= 4 is 23.3 Å². The maximum absolute atomic E-state index is 11.8. The Morgan fingerprint density at radius 3 is 2.36 bits per heavy atom. The standard InChI is InChI=1S/C19H24N4O2/c1-14-5-4-6-16(11-14)22-19(25)21-13-18(24)20-12-15-7-9-17(10-8-15)23(2)3/h4-11H,12-13H2,1-3H3,(H,20,24)(H2,21,22,25). The molecule has 3 N–H and O–H groups in total. The van der Waals surface area contributed by atoms with Crippen molar-refractivity contribution in [3.8, 4) is 0 Å². The van der Waals surface area contributed by atoms with Crippen molar-refractivity contribution in [2.45, 2.75) is 13.5 Å². The zero-order chi connectivity index (χ0) is 18.2. The van der Waals surface area contributed by atoms with Crippen molar-refractivity contribution in [3.63, 3.8) is 0 Å². The van der Waals surface area contributed by atoms with E-state index >= 15 is 0 Å². The lowest BCUT2D eigenvalue weighted by Gasteiger charge is -2.13. The fraction of sp³-hybridized carbons (Fsp3) is 0.263. The van der Waals surface area contributed by atoms with Crippen LogP contribution in [0.2, 0.25) is 0 Å². The van der Waals surface area contributed by atoms with Gasteiger partial charge < -0.3 is 20.9 Å². The number of benzene rings is 2. The summed E-state index contributed by atoms with van der Waals surface area (Å²) in [6.07, 6.45) is 0. The molecule has 0 saturated heterocycles. The summed E-state index contributed by atoms with van der Waals surface area (Å²) in [6, 6.07) is 15.0. The molecule has 0 aliphatic carbocycles. The van der Waals surface area contributed by atoms with Gasteiger partial charge in [-0.2, -0.15) is 0 Å². The van der Waals surface area contributed by atoms with Gasteiger partial charge >= 0.3 is 6.03 Å². The minimum absolute atomic E-state index is 0.0760. The molecule has 0 unspecified atom stereocenters. The Morgan fingerprint density at radius 2 is 1.72 bits per heavy atom. The van der Waals surface area contributed by atoms with Gasteiger partial charge in [0.2, 0.25) is 5.91 Å². The van der Waals surface area contributed by atoms with Gasteiger partial charge in [-0.15, -0.1) is 0 Å². The number of urea groups is 1. The van der Waals surface area contributed by atoms with Gasteiger partial charge in [-0.25, -0.2) is 4.79 Å². The Labute approximate surface area is 148 Å². The molecule has 6 nitrogen and oxygen atoms in total. The third-order valence-corrected chi connectivity index (χ3v) is 3.63. The van der Waals surface area contributed by atoms with Crippen LogP contribution in [-0.2, 0) is 11.3 Å². The second-order valence-electron chi connectivity index (χ2n) is 6.01. The smallest absolute Gasteiger partial charge is 0.319 e. The summed E-state index contributed by atoms with van der Waals surface area (Å²) in [7, 11) is 3.95. The highest BCUT2D eigenvalue weighted by Gasteiger charge is 2.06. The van der Waals surface area contributed by atoms with Gasteiger partial charge in [-0.3, -0.25) is 4.79 Å². The van der Waals surface area contributed by atoms with E-state index in [9.17, 15) is 9.59 Å². The zero-order valence-corrected chi connectivity index (χ0v) is 14.8. The third kappa shape index (κ3) is 6.18. The van der Waals surface area contributed by atoms with Crippen LogP contribution in [-0.4, -0.2) is 32.6 Å². The SMILES string of the molecule is Cc1cccc(NC(=O)NCC(=O)NCc2ccc(N(C)C)cc2)c1. The Kier molecular flexibility index (Phi) is 6.39. The van der Waals surface area contributed by atoms with Crippen LogP contribution in [0.3, 0.4) is 0 Å². The van der Waals surface area contributed by atoms with Crippen LogP contribution in [0.5, 0.6) is 0 Å². The van der Waals surface area contributed by atoms with E-state index in [1.807, 2.05) is 68.4 Å². The van der Waals surface area contributed by atoms with Crippen molar-refractivity contribution in [3.05, 3.63) is 59.7 Å². The number of anilines is 2. The van der Waals surface area contributed by atoms with Crippen LogP contribution < -0.4 is 20.9 Å². The molecule has 25 heavy (non-hydrogen) atoms. The largest absolute Gasteiger partial charge is 0.378 e. The monoisotopic (exact) mass is 340 g/mol. The van der Waals surface area contributed by atoms with Gasteiger partial charge in [0.1, 0.15) is 0 Å². The number of carbonyl (C=O) groups excluding carboxylic acids is 2. The van der Waals surface area contributed by atoms with Crippen molar-refractivity contribution in [1.29, 1.82) is 0 Å². The topological polar surface area (TPSA) is 73.5 Å². The minimum Gasteiger partial charge on any atom is -0.378 e. The Bertz CT molecular complexity index is 726. The van der Waals surface area contributed by atoms with E-state index in [1.54, 1.807) is 6.07 Å². The molecule has 3 amide bonds. The first-order valence-corrected chi connectivity index (χ1v) is 8.08. The number of rotatable bonds is 6. The first-order valence-electron chi connectivity index (χ1n) is 8.08. The second-order valence-corrected chi connectivity index (χ2v) is 6.01. The van der Waals surface area contributed by atoms with Crippen LogP contribution in [0.1, 0.15) is 11.1 Å². The third-order valence-electron chi connectivity index (χ3n) is 3.63. The van der Waals surface area contributed by atoms with Crippen LogP contribution >= 0.6 is 0 Å². The molecule has 2 aromatic rings. The highest BCUT2D eigenvalue weighted by atomic mass is 16.2. The molecule has 0 bridgehead atoms. The average Bonchev–Trinajstić information content (AvgIpc) is 2.58. The normalized spacial score (nSPS) is 10.0. The lowest BCUT2D eigenvalue weighted by molar-refractivity contribution is -0.120. The highest BCUT2D eigenvalue weighted by Crippen LogP contribution is 2.12. The van der Waals surface area contributed by atoms with Gasteiger partial charge in [0.05, 0.1) is 6.54 Å². The van der Waals surface area contributed by atoms with E-state index in [1.165, 1.54) is 0 Å². The summed E-state index contributed by atoms with van der Waals surface area (Å²) < 4.78 is 0. The van der Waals surface area contributed by atoms with Gasteiger partial charge in [0.25, 0.3) is 0 Å². The van der Waals surface area contributed by atoms with Gasteiger partial charge in [0, 0.05) is 32.0 Å². The molecule has 0 heterocycles. The molecule has 0 aliphatic rings. The second kappa shape index (κ2) is 8.73. The van der Waals surface area contributed by atoms with Crippen LogP contribution in [0.15, 0.2) is 48.5 Å². The molecule has 2 aromatic carbocycles. The van der Waals surface area contributed by atoms with E-state index in [0.29, 0.717) is 12.2 Å². The fourth-order valence-electron chi connectivity index (χ4n) is 2.23. The van der Waals surface area contributed by atoms with Crippen LogP contribution in [0.4, 0.5) is 16.2 Å². The Morgan fingerprint density at radius 1 is 1.00 bits per heavy atom. The van der Waals surface area contributed by atoms with Crippen molar-refractivity contribution in [2.24, 2.45) is 0 Å². The Balaban J connectivity index is 1.72. The molecule has 0 aromatic heterocycles. The van der Waals surface area contributed by atoms with Crippen LogP contribution in [0, 0.1) is 6.92 Å². The minimum atomic E-state index is -0.406. The van der Waals surface area contributed by atoms with E-state index in [-0.39, 0.29) is 12.5 Å². The lowest BCUT2D eigenvalue weighted by Crippen LogP contribution is -2.38. The number of amides is 3. The van der Waals surface area contributed by atoms with Gasteiger partial charge in [0.15, 0.2) is 0 Å². The van der Waals surface area contributed by atoms with E-state index in [2.05, 4.69) is 16.0 Å². The number of nitrogens with one attached hydrogen (secondary N) is 3.